The summed E-state index contributed by atoms with van der Waals surface area (Å²) in [7, 11) is 0.905. The molecule has 0 aromatic rings. The van der Waals surface area contributed by atoms with Crippen LogP contribution in [0, 0.1) is 0 Å². The maximum atomic E-state index is 11.7. The highest BCUT2D eigenvalue weighted by atomic mass is 31.2. The van der Waals surface area contributed by atoms with Crippen LogP contribution in [0.1, 0.15) is 77.6 Å². The van der Waals surface area contributed by atoms with Gasteiger partial charge in [-0.15, -0.1) is 0 Å². The van der Waals surface area contributed by atoms with Crippen LogP contribution in [0.2, 0.25) is 0 Å². The molecule has 160 valence electrons. The van der Waals surface area contributed by atoms with Crippen molar-refractivity contribution in [3.05, 3.63) is 24.3 Å². The van der Waals surface area contributed by atoms with E-state index in [0.717, 1.165) is 12.8 Å². The molecule has 0 rings (SSSR count). The minimum Gasteiger partial charge on any atom is -0.373 e. The first-order valence-corrected chi connectivity index (χ1v) is 12.0. The van der Waals surface area contributed by atoms with Gasteiger partial charge in [0, 0.05) is 0 Å². The van der Waals surface area contributed by atoms with Crippen LogP contribution in [-0.4, -0.2) is 52.4 Å². The molecule has 0 saturated heterocycles. The normalized spacial score (nSPS) is 15.7. The SMILES string of the molecule is CCC/C=C\CCCCCC/C=C\CCCC(O)(C[N+](C)(C)C)P(=O)(O)O. The highest BCUT2D eigenvalue weighted by Gasteiger charge is 2.48. The topological polar surface area (TPSA) is 77.8 Å². The predicted octanol–water partition coefficient (Wildman–Crippen LogP) is 4.98. The van der Waals surface area contributed by atoms with Gasteiger partial charge in [-0.3, -0.25) is 4.57 Å². The third-order valence-corrected chi connectivity index (χ3v) is 5.95. The Bertz CT molecular complexity index is 479. The van der Waals surface area contributed by atoms with Gasteiger partial charge in [-0.2, -0.15) is 0 Å². The van der Waals surface area contributed by atoms with E-state index in [1.165, 1.54) is 44.9 Å². The van der Waals surface area contributed by atoms with Gasteiger partial charge in [0.1, 0.15) is 6.54 Å². The maximum absolute atomic E-state index is 11.7. The van der Waals surface area contributed by atoms with Crippen molar-refractivity contribution in [3.8, 4) is 0 Å². The lowest BCUT2D eigenvalue weighted by molar-refractivity contribution is -0.875. The summed E-state index contributed by atoms with van der Waals surface area (Å²) in [5.41, 5.74) is 0. The number of rotatable bonds is 16. The van der Waals surface area contributed by atoms with Crippen molar-refractivity contribution in [2.24, 2.45) is 0 Å². The number of allylic oxidation sites excluding steroid dienone is 4. The van der Waals surface area contributed by atoms with Gasteiger partial charge in [0.2, 0.25) is 5.34 Å². The molecule has 3 N–H and O–H groups in total. The molecule has 1 unspecified atom stereocenters. The van der Waals surface area contributed by atoms with E-state index < -0.39 is 12.9 Å². The molecule has 5 nitrogen and oxygen atoms in total. The van der Waals surface area contributed by atoms with E-state index in [1.807, 2.05) is 21.1 Å². The minimum absolute atomic E-state index is 0.0363. The zero-order chi connectivity index (χ0) is 20.8. The molecule has 0 bridgehead atoms. The van der Waals surface area contributed by atoms with Crippen LogP contribution in [0.15, 0.2) is 24.3 Å². The quantitative estimate of drug-likeness (QED) is 0.147. The van der Waals surface area contributed by atoms with Crippen molar-refractivity contribution in [3.63, 3.8) is 0 Å². The largest absolute Gasteiger partial charge is 0.373 e. The van der Waals surface area contributed by atoms with Gasteiger partial charge < -0.3 is 19.4 Å². The van der Waals surface area contributed by atoms with E-state index in [9.17, 15) is 19.5 Å². The van der Waals surface area contributed by atoms with Crippen LogP contribution in [0.25, 0.3) is 0 Å². The fourth-order valence-electron chi connectivity index (χ4n) is 3.10. The summed E-state index contributed by atoms with van der Waals surface area (Å²) < 4.78 is 12.0. The lowest BCUT2D eigenvalue weighted by Crippen LogP contribution is -2.49. The van der Waals surface area contributed by atoms with Gasteiger partial charge in [0.15, 0.2) is 0 Å². The molecular weight excluding hydrogens is 361 g/mol. The van der Waals surface area contributed by atoms with Gasteiger partial charge in [-0.25, -0.2) is 0 Å². The summed E-state index contributed by atoms with van der Waals surface area (Å²) >= 11 is 0. The molecule has 0 radical (unpaired) electrons. The van der Waals surface area contributed by atoms with E-state index in [4.69, 9.17) is 0 Å². The number of quaternary nitrogens is 1. The van der Waals surface area contributed by atoms with Gasteiger partial charge in [-0.05, 0) is 51.4 Å². The van der Waals surface area contributed by atoms with Crippen LogP contribution in [-0.2, 0) is 4.57 Å². The molecular formula is C21H43NO4P+. The van der Waals surface area contributed by atoms with Crippen LogP contribution >= 0.6 is 7.60 Å². The monoisotopic (exact) mass is 404 g/mol. The van der Waals surface area contributed by atoms with Crippen molar-refractivity contribution in [1.29, 1.82) is 0 Å². The Morgan fingerprint density at radius 1 is 0.815 bits per heavy atom. The molecule has 6 heteroatoms. The summed E-state index contributed by atoms with van der Waals surface area (Å²) in [4.78, 5) is 19.1. The van der Waals surface area contributed by atoms with Crippen molar-refractivity contribution in [1.82, 2.24) is 0 Å². The summed E-state index contributed by atoms with van der Waals surface area (Å²) in [6.07, 6.45) is 19.8. The predicted molar refractivity (Wildman–Crippen MR) is 115 cm³/mol. The van der Waals surface area contributed by atoms with Crippen LogP contribution in [0.3, 0.4) is 0 Å². The van der Waals surface area contributed by atoms with Crippen LogP contribution < -0.4 is 0 Å². The zero-order valence-corrected chi connectivity index (χ0v) is 18.8. The Balaban J connectivity index is 3.91. The molecule has 0 spiro atoms. The number of hydrogen-bond donors (Lipinski definition) is 3. The molecule has 0 heterocycles. The Morgan fingerprint density at radius 3 is 1.67 bits per heavy atom. The molecule has 0 amide bonds. The summed E-state index contributed by atoms with van der Waals surface area (Å²) in [6.45, 7) is 2.23. The Labute approximate surface area is 166 Å². The molecule has 0 aliphatic rings. The van der Waals surface area contributed by atoms with E-state index in [-0.39, 0.29) is 13.0 Å². The second kappa shape index (κ2) is 13.7. The van der Waals surface area contributed by atoms with Crippen molar-refractivity contribution in [2.75, 3.05) is 27.7 Å². The van der Waals surface area contributed by atoms with Crippen LogP contribution in [0.5, 0.6) is 0 Å². The number of nitrogens with zero attached hydrogens (tertiary/aromatic N) is 1. The van der Waals surface area contributed by atoms with Crippen molar-refractivity contribution in [2.45, 2.75) is 82.9 Å². The first-order chi connectivity index (χ1) is 12.5. The van der Waals surface area contributed by atoms with Gasteiger partial charge in [0.05, 0.1) is 21.1 Å². The van der Waals surface area contributed by atoms with E-state index >= 15 is 0 Å². The highest BCUT2D eigenvalue weighted by Crippen LogP contribution is 2.52. The number of unbranched alkanes of at least 4 members (excludes halogenated alkanes) is 7. The third-order valence-electron chi connectivity index (χ3n) is 4.50. The Hall–Kier alpha value is -0.450. The molecule has 27 heavy (non-hydrogen) atoms. The zero-order valence-electron chi connectivity index (χ0n) is 17.9. The highest BCUT2D eigenvalue weighted by molar-refractivity contribution is 7.53. The minimum atomic E-state index is -4.56. The summed E-state index contributed by atoms with van der Waals surface area (Å²) in [5.74, 6) is 0. The molecule has 1 atom stereocenters. The molecule has 0 aromatic heterocycles. The second-order valence-corrected chi connectivity index (χ2v) is 10.5. The first-order valence-electron chi connectivity index (χ1n) is 10.4. The lowest BCUT2D eigenvalue weighted by Gasteiger charge is -2.35. The molecule has 0 aliphatic carbocycles. The Morgan fingerprint density at radius 2 is 1.26 bits per heavy atom. The molecule has 0 aliphatic heterocycles. The van der Waals surface area contributed by atoms with Crippen molar-refractivity contribution >= 4 is 7.60 Å². The van der Waals surface area contributed by atoms with E-state index in [0.29, 0.717) is 10.9 Å². The Kier molecular flexibility index (Phi) is 13.5. The number of aliphatic hydroxyl groups is 1. The first kappa shape index (κ1) is 26.6. The van der Waals surface area contributed by atoms with Gasteiger partial charge in [0.25, 0.3) is 0 Å². The summed E-state index contributed by atoms with van der Waals surface area (Å²) in [5, 5.41) is 8.53. The number of likely N-dealkylation sites (N-methyl/N-ethyl adjacent to an activating group) is 1. The standard InChI is InChI=1S/C21H42NO4P/c1-5-6-7-8-9-10-11-12-13-14-15-16-17-18-19-21(23,27(24,25)26)20-22(2,3)4/h7-8,15-16,23H,5-6,9-14,17-20H2,1-4H3,(H-,24,25,26)/p+1/b8-7-,16-15-. The molecule has 0 fully saturated rings. The summed E-state index contributed by atoms with van der Waals surface area (Å²) in [6, 6.07) is 0. The maximum Gasteiger partial charge on any atom is 0.362 e. The van der Waals surface area contributed by atoms with E-state index in [1.54, 1.807) is 0 Å². The lowest BCUT2D eigenvalue weighted by atomic mass is 10.1. The van der Waals surface area contributed by atoms with Gasteiger partial charge >= 0.3 is 7.60 Å². The molecule has 0 aromatic carbocycles. The van der Waals surface area contributed by atoms with E-state index in [2.05, 4.69) is 31.2 Å². The molecule has 0 saturated carbocycles. The third kappa shape index (κ3) is 14.2. The van der Waals surface area contributed by atoms with Gasteiger partial charge in [-0.1, -0.05) is 50.5 Å². The van der Waals surface area contributed by atoms with Crippen LogP contribution in [0.4, 0.5) is 0 Å². The fourth-order valence-corrected chi connectivity index (χ4v) is 4.15. The fraction of sp³-hybridized carbons (Fsp3) is 0.810. The average molecular weight is 405 g/mol. The smallest absolute Gasteiger partial charge is 0.362 e. The van der Waals surface area contributed by atoms with Crippen molar-refractivity contribution < 1.29 is 23.9 Å². The average Bonchev–Trinajstić information content (AvgIpc) is 2.52. The number of hydrogen-bond acceptors (Lipinski definition) is 2. The second-order valence-electron chi connectivity index (χ2n) is 8.59.